The number of hydrogen-bond donors (Lipinski definition) is 2. The predicted octanol–water partition coefficient (Wildman–Crippen LogP) is 1.43. The highest BCUT2D eigenvalue weighted by atomic mass is 16.5. The van der Waals surface area contributed by atoms with Gasteiger partial charge >= 0.3 is 0 Å². The smallest absolute Gasteiger partial charge is 0.0718 e. The van der Waals surface area contributed by atoms with Crippen LogP contribution in [0.5, 0.6) is 0 Å². The highest BCUT2D eigenvalue weighted by molar-refractivity contribution is 5.78. The molecule has 4 nitrogen and oxygen atoms in total. The van der Waals surface area contributed by atoms with Crippen molar-refractivity contribution in [2.24, 2.45) is 5.73 Å². The number of nitrogens with zero attached hydrogens (tertiary/aromatic N) is 1. The van der Waals surface area contributed by atoms with Crippen LogP contribution in [0.25, 0.3) is 10.9 Å². The molecule has 0 fully saturated rings. The Morgan fingerprint density at radius 1 is 1.53 bits per heavy atom. The monoisotopic (exact) mass is 205 g/mol. The molecule has 1 aromatic carbocycles. The molecule has 0 aliphatic rings. The topological polar surface area (TPSA) is 63.9 Å². The molecule has 4 heteroatoms. The van der Waals surface area contributed by atoms with Gasteiger partial charge < -0.3 is 10.5 Å². The van der Waals surface area contributed by atoms with Gasteiger partial charge in [0.15, 0.2) is 0 Å². The average molecular weight is 205 g/mol. The van der Waals surface area contributed by atoms with Gasteiger partial charge in [-0.2, -0.15) is 5.10 Å². The van der Waals surface area contributed by atoms with Crippen molar-refractivity contribution in [3.8, 4) is 0 Å². The minimum atomic E-state index is 0.0842. The third kappa shape index (κ3) is 2.55. The molecule has 2 aromatic rings. The third-order valence-electron chi connectivity index (χ3n) is 2.16. The molecule has 1 atom stereocenters. The number of aromatic nitrogens is 2. The Balaban J connectivity index is 2.02. The predicted molar refractivity (Wildman–Crippen MR) is 59.4 cm³/mol. The van der Waals surface area contributed by atoms with E-state index in [-0.39, 0.29) is 6.04 Å². The summed E-state index contributed by atoms with van der Waals surface area (Å²) < 4.78 is 5.45. The Morgan fingerprint density at radius 3 is 3.20 bits per heavy atom. The largest absolute Gasteiger partial charge is 0.375 e. The second-order valence-corrected chi connectivity index (χ2v) is 3.78. The molecule has 0 amide bonds. The van der Waals surface area contributed by atoms with Gasteiger partial charge in [0.2, 0.25) is 0 Å². The Kier molecular flexibility index (Phi) is 2.99. The van der Waals surface area contributed by atoms with Gasteiger partial charge in [-0.25, -0.2) is 0 Å². The van der Waals surface area contributed by atoms with E-state index in [9.17, 15) is 0 Å². The lowest BCUT2D eigenvalue weighted by Gasteiger charge is -2.06. The number of aromatic amines is 1. The number of rotatable bonds is 4. The number of ether oxygens (including phenoxy) is 1. The van der Waals surface area contributed by atoms with E-state index in [1.807, 2.05) is 31.3 Å². The summed E-state index contributed by atoms with van der Waals surface area (Å²) in [6, 6.07) is 6.20. The molecule has 80 valence electrons. The second kappa shape index (κ2) is 4.42. The molecule has 15 heavy (non-hydrogen) atoms. The van der Waals surface area contributed by atoms with Crippen LogP contribution in [0.15, 0.2) is 24.4 Å². The number of H-pyrrole nitrogens is 1. The van der Waals surface area contributed by atoms with E-state index in [1.54, 1.807) is 0 Å². The molecule has 0 saturated carbocycles. The molecule has 0 radical (unpaired) electrons. The summed E-state index contributed by atoms with van der Waals surface area (Å²) in [5, 5.41) is 8.01. The summed E-state index contributed by atoms with van der Waals surface area (Å²) in [5.74, 6) is 0. The number of nitrogens with one attached hydrogen (secondary N) is 1. The van der Waals surface area contributed by atoms with E-state index >= 15 is 0 Å². The summed E-state index contributed by atoms with van der Waals surface area (Å²) in [5.41, 5.74) is 7.76. The van der Waals surface area contributed by atoms with Gasteiger partial charge in [0.1, 0.15) is 0 Å². The highest BCUT2D eigenvalue weighted by Gasteiger charge is 1.99. The molecule has 0 spiro atoms. The number of hydrogen-bond acceptors (Lipinski definition) is 3. The maximum Gasteiger partial charge on any atom is 0.0718 e. The van der Waals surface area contributed by atoms with E-state index in [2.05, 4.69) is 10.2 Å². The van der Waals surface area contributed by atoms with Gasteiger partial charge in [-0.1, -0.05) is 12.1 Å². The molecular formula is C11H15N3O. The quantitative estimate of drug-likeness (QED) is 0.793. The minimum absolute atomic E-state index is 0.0842. The molecule has 2 rings (SSSR count). The number of benzene rings is 1. The fourth-order valence-corrected chi connectivity index (χ4v) is 1.44. The van der Waals surface area contributed by atoms with Crippen molar-refractivity contribution in [2.75, 3.05) is 6.61 Å². The van der Waals surface area contributed by atoms with Crippen LogP contribution in [-0.2, 0) is 11.3 Å². The maximum absolute atomic E-state index is 5.59. The first-order valence-electron chi connectivity index (χ1n) is 5.01. The first kappa shape index (κ1) is 10.1. The van der Waals surface area contributed by atoms with Gasteiger partial charge in [-0.3, -0.25) is 5.10 Å². The summed E-state index contributed by atoms with van der Waals surface area (Å²) in [7, 11) is 0. The Morgan fingerprint density at radius 2 is 2.40 bits per heavy atom. The van der Waals surface area contributed by atoms with E-state index < -0.39 is 0 Å². The first-order valence-corrected chi connectivity index (χ1v) is 5.01. The van der Waals surface area contributed by atoms with Gasteiger partial charge in [-0.15, -0.1) is 0 Å². The molecule has 3 N–H and O–H groups in total. The molecule has 0 aliphatic carbocycles. The van der Waals surface area contributed by atoms with E-state index in [4.69, 9.17) is 10.5 Å². The summed E-state index contributed by atoms with van der Waals surface area (Å²) in [6.07, 6.45) is 1.81. The van der Waals surface area contributed by atoms with Crippen LogP contribution in [0.2, 0.25) is 0 Å². The molecular weight excluding hydrogens is 190 g/mol. The van der Waals surface area contributed by atoms with Crippen molar-refractivity contribution in [2.45, 2.75) is 19.6 Å². The van der Waals surface area contributed by atoms with Crippen molar-refractivity contribution >= 4 is 10.9 Å². The van der Waals surface area contributed by atoms with E-state index in [1.165, 1.54) is 0 Å². The molecule has 0 bridgehead atoms. The summed E-state index contributed by atoms with van der Waals surface area (Å²) >= 11 is 0. The Labute approximate surface area is 88.4 Å². The minimum Gasteiger partial charge on any atom is -0.375 e. The lowest BCUT2D eigenvalue weighted by molar-refractivity contribution is 0.111. The van der Waals surface area contributed by atoms with Crippen LogP contribution < -0.4 is 5.73 Å². The highest BCUT2D eigenvalue weighted by Crippen LogP contribution is 2.13. The van der Waals surface area contributed by atoms with Crippen LogP contribution in [0, 0.1) is 0 Å². The SMILES string of the molecule is C[C@@H](N)COCc1ccc2cn[nH]c2c1. The fraction of sp³-hybridized carbons (Fsp3) is 0.364. The molecule has 0 aliphatic heterocycles. The van der Waals surface area contributed by atoms with Crippen LogP contribution in [-0.4, -0.2) is 22.8 Å². The van der Waals surface area contributed by atoms with Crippen molar-refractivity contribution < 1.29 is 4.74 Å². The van der Waals surface area contributed by atoms with Crippen LogP contribution >= 0.6 is 0 Å². The van der Waals surface area contributed by atoms with Crippen molar-refractivity contribution in [3.63, 3.8) is 0 Å². The van der Waals surface area contributed by atoms with E-state index in [0.29, 0.717) is 13.2 Å². The summed E-state index contributed by atoms with van der Waals surface area (Å²) in [6.45, 7) is 3.11. The third-order valence-corrected chi connectivity index (χ3v) is 2.16. The second-order valence-electron chi connectivity index (χ2n) is 3.78. The zero-order chi connectivity index (χ0) is 10.7. The lowest BCUT2D eigenvalue weighted by Crippen LogP contribution is -2.21. The van der Waals surface area contributed by atoms with Crippen molar-refractivity contribution in [3.05, 3.63) is 30.0 Å². The lowest BCUT2D eigenvalue weighted by atomic mass is 10.2. The van der Waals surface area contributed by atoms with E-state index in [0.717, 1.165) is 16.5 Å². The van der Waals surface area contributed by atoms with Gasteiger partial charge in [-0.05, 0) is 18.6 Å². The van der Waals surface area contributed by atoms with Gasteiger partial charge in [0.05, 0.1) is 24.9 Å². The van der Waals surface area contributed by atoms with Crippen LogP contribution in [0.1, 0.15) is 12.5 Å². The number of nitrogens with two attached hydrogens (primary N) is 1. The molecule has 0 saturated heterocycles. The van der Waals surface area contributed by atoms with Crippen LogP contribution in [0.3, 0.4) is 0 Å². The zero-order valence-corrected chi connectivity index (χ0v) is 8.73. The number of fused-ring (bicyclic) bond motifs is 1. The first-order chi connectivity index (χ1) is 7.25. The van der Waals surface area contributed by atoms with Crippen LogP contribution in [0.4, 0.5) is 0 Å². The van der Waals surface area contributed by atoms with Crippen molar-refractivity contribution in [1.29, 1.82) is 0 Å². The molecule has 0 unspecified atom stereocenters. The summed E-state index contributed by atoms with van der Waals surface area (Å²) in [4.78, 5) is 0. The normalized spacial score (nSPS) is 13.2. The van der Waals surface area contributed by atoms with Gasteiger partial charge in [0.25, 0.3) is 0 Å². The zero-order valence-electron chi connectivity index (χ0n) is 8.73. The Hall–Kier alpha value is -1.39. The molecule has 1 heterocycles. The maximum atomic E-state index is 5.59. The van der Waals surface area contributed by atoms with Gasteiger partial charge in [0, 0.05) is 11.4 Å². The standard InChI is InChI=1S/C11H15N3O/c1-8(12)6-15-7-9-2-3-10-5-13-14-11(10)4-9/h2-5,8H,6-7,12H2,1H3,(H,13,14)/t8-/m1/s1. The molecule has 1 aromatic heterocycles. The average Bonchev–Trinajstić information content (AvgIpc) is 2.64. The Bertz CT molecular complexity index is 436. The fourth-order valence-electron chi connectivity index (χ4n) is 1.44. The van der Waals surface area contributed by atoms with Crippen molar-refractivity contribution in [1.82, 2.24) is 10.2 Å².